The van der Waals surface area contributed by atoms with E-state index < -0.39 is 0 Å². The zero-order valence-electron chi connectivity index (χ0n) is 6.34. The van der Waals surface area contributed by atoms with Crippen LogP contribution in [0.3, 0.4) is 0 Å². The molecule has 0 amide bonds. The number of hydrogen-bond donors (Lipinski definition) is 0. The van der Waals surface area contributed by atoms with Gasteiger partial charge in [0.2, 0.25) is 0 Å². The molecule has 64 valence electrons. The van der Waals surface area contributed by atoms with E-state index >= 15 is 0 Å². The topological polar surface area (TPSA) is 23.8 Å². The molecule has 0 aliphatic carbocycles. The van der Waals surface area contributed by atoms with Crippen LogP contribution in [-0.2, 0) is 0 Å². The highest BCUT2D eigenvalue weighted by Gasteiger charge is 2.06. The van der Waals surface area contributed by atoms with Crippen molar-refractivity contribution in [1.29, 1.82) is 5.26 Å². The predicted octanol–water partition coefficient (Wildman–Crippen LogP) is 4.03. The van der Waals surface area contributed by atoms with Gasteiger partial charge in [0.05, 0.1) is 14.6 Å². The van der Waals surface area contributed by atoms with Crippen LogP contribution in [0.5, 0.6) is 0 Å². The quantitative estimate of drug-likeness (QED) is 0.673. The standard InChI is InChI=1S/C9H3ClINS/c10-8-3-5-1-7(11)2-6(4-12)9(5)13-8/h1-3H. The van der Waals surface area contributed by atoms with E-state index in [0.717, 1.165) is 18.0 Å². The van der Waals surface area contributed by atoms with Gasteiger partial charge in [-0.15, -0.1) is 11.3 Å². The van der Waals surface area contributed by atoms with Gasteiger partial charge in [-0.2, -0.15) is 5.26 Å². The summed E-state index contributed by atoms with van der Waals surface area (Å²) >= 11 is 9.52. The fraction of sp³-hybridized carbons (Fsp3) is 0. The van der Waals surface area contributed by atoms with Crippen molar-refractivity contribution in [3.05, 3.63) is 31.7 Å². The van der Waals surface area contributed by atoms with Crippen LogP contribution in [0.25, 0.3) is 10.1 Å². The maximum absolute atomic E-state index is 8.88. The first-order valence-electron chi connectivity index (χ1n) is 3.49. The number of fused-ring (bicyclic) bond motifs is 1. The molecule has 2 aromatic rings. The van der Waals surface area contributed by atoms with Crippen molar-refractivity contribution in [3.8, 4) is 6.07 Å². The van der Waals surface area contributed by atoms with Gasteiger partial charge in [0, 0.05) is 3.57 Å². The summed E-state index contributed by atoms with van der Waals surface area (Å²) in [5.41, 5.74) is 0.707. The van der Waals surface area contributed by atoms with Crippen molar-refractivity contribution in [2.45, 2.75) is 0 Å². The molecule has 2 rings (SSSR count). The van der Waals surface area contributed by atoms with E-state index in [0.29, 0.717) is 5.56 Å². The number of nitriles is 1. The third-order valence-corrected chi connectivity index (χ3v) is 3.61. The highest BCUT2D eigenvalue weighted by Crippen LogP contribution is 2.32. The Morgan fingerprint density at radius 2 is 2.15 bits per heavy atom. The van der Waals surface area contributed by atoms with Crippen LogP contribution in [0.4, 0.5) is 0 Å². The molecule has 0 atom stereocenters. The molecular formula is C9H3ClINS. The van der Waals surface area contributed by atoms with Crippen molar-refractivity contribution < 1.29 is 0 Å². The zero-order valence-corrected chi connectivity index (χ0v) is 10.1. The lowest BCUT2D eigenvalue weighted by atomic mass is 10.2. The summed E-state index contributed by atoms with van der Waals surface area (Å²) in [6, 6.07) is 7.96. The second-order valence-corrected chi connectivity index (χ2v) is 5.46. The number of nitrogens with zero attached hydrogens (tertiary/aromatic N) is 1. The van der Waals surface area contributed by atoms with Gasteiger partial charge in [-0.1, -0.05) is 11.6 Å². The van der Waals surface area contributed by atoms with E-state index in [4.69, 9.17) is 16.9 Å². The van der Waals surface area contributed by atoms with Crippen LogP contribution in [0.2, 0.25) is 4.34 Å². The zero-order chi connectivity index (χ0) is 9.42. The molecule has 0 radical (unpaired) electrons. The van der Waals surface area contributed by atoms with E-state index in [2.05, 4.69) is 28.7 Å². The van der Waals surface area contributed by atoms with Crippen molar-refractivity contribution in [1.82, 2.24) is 0 Å². The van der Waals surface area contributed by atoms with Crippen molar-refractivity contribution in [2.24, 2.45) is 0 Å². The average Bonchev–Trinajstić information content (AvgIpc) is 2.43. The molecule has 0 aliphatic rings. The van der Waals surface area contributed by atoms with Gasteiger partial charge in [0.25, 0.3) is 0 Å². The summed E-state index contributed by atoms with van der Waals surface area (Å²) in [5, 5.41) is 9.93. The minimum atomic E-state index is 0.707. The lowest BCUT2D eigenvalue weighted by Crippen LogP contribution is -1.76. The Bertz CT molecular complexity index is 512. The third-order valence-electron chi connectivity index (χ3n) is 1.67. The van der Waals surface area contributed by atoms with Gasteiger partial charge < -0.3 is 0 Å². The van der Waals surface area contributed by atoms with Crippen molar-refractivity contribution in [3.63, 3.8) is 0 Å². The SMILES string of the molecule is N#Cc1cc(I)cc2cc(Cl)sc12. The maximum atomic E-state index is 8.88. The molecule has 1 heterocycles. The molecule has 0 spiro atoms. The highest BCUT2D eigenvalue weighted by atomic mass is 127. The monoisotopic (exact) mass is 319 g/mol. The molecule has 0 bridgehead atoms. The van der Waals surface area contributed by atoms with Crippen LogP contribution in [-0.4, -0.2) is 0 Å². The molecule has 0 fully saturated rings. The lowest BCUT2D eigenvalue weighted by molar-refractivity contribution is 1.50. The Morgan fingerprint density at radius 3 is 2.85 bits per heavy atom. The van der Waals surface area contributed by atoms with Crippen molar-refractivity contribution in [2.75, 3.05) is 0 Å². The second-order valence-electron chi connectivity index (χ2n) is 2.53. The molecule has 0 saturated heterocycles. The molecule has 1 nitrogen and oxygen atoms in total. The molecule has 0 saturated carbocycles. The smallest absolute Gasteiger partial charge is 0.101 e. The summed E-state index contributed by atoms with van der Waals surface area (Å²) in [4.78, 5) is 0. The molecule has 1 aromatic carbocycles. The Balaban J connectivity index is 2.90. The van der Waals surface area contributed by atoms with Crippen LogP contribution in [0.15, 0.2) is 18.2 Å². The molecule has 0 N–H and O–H groups in total. The summed E-state index contributed by atoms with van der Waals surface area (Å²) in [7, 11) is 0. The van der Waals surface area contributed by atoms with Crippen molar-refractivity contribution >= 4 is 55.6 Å². The van der Waals surface area contributed by atoms with Gasteiger partial charge >= 0.3 is 0 Å². The van der Waals surface area contributed by atoms with E-state index in [9.17, 15) is 0 Å². The first kappa shape index (κ1) is 9.25. The summed E-state index contributed by atoms with van der Waals surface area (Å²) in [6.45, 7) is 0. The predicted molar refractivity (Wildman–Crippen MR) is 64.3 cm³/mol. The minimum Gasteiger partial charge on any atom is -0.192 e. The first-order valence-corrected chi connectivity index (χ1v) is 5.77. The van der Waals surface area contributed by atoms with Gasteiger partial charge in [0.1, 0.15) is 6.07 Å². The van der Waals surface area contributed by atoms with Gasteiger partial charge in [0.15, 0.2) is 0 Å². The molecule has 13 heavy (non-hydrogen) atoms. The fourth-order valence-corrected chi connectivity index (χ4v) is 3.00. The van der Waals surface area contributed by atoms with Gasteiger partial charge in [-0.05, 0) is 46.2 Å². The Kier molecular flexibility index (Phi) is 2.45. The Morgan fingerprint density at radius 1 is 1.38 bits per heavy atom. The second kappa shape index (κ2) is 3.45. The average molecular weight is 320 g/mol. The van der Waals surface area contributed by atoms with Crippen LogP contribution in [0, 0.1) is 14.9 Å². The van der Waals surface area contributed by atoms with E-state index in [1.807, 2.05) is 18.2 Å². The minimum absolute atomic E-state index is 0.707. The van der Waals surface area contributed by atoms with Gasteiger partial charge in [-0.3, -0.25) is 0 Å². The number of halogens is 2. The largest absolute Gasteiger partial charge is 0.192 e. The molecule has 0 aliphatic heterocycles. The molecular weight excluding hydrogens is 317 g/mol. The normalized spacial score (nSPS) is 10.2. The molecule has 4 heteroatoms. The number of benzene rings is 1. The number of rotatable bonds is 0. The van der Waals surface area contributed by atoms with E-state index in [1.165, 1.54) is 11.3 Å². The Hall–Kier alpha value is -0.310. The molecule has 0 unspecified atom stereocenters. The lowest BCUT2D eigenvalue weighted by Gasteiger charge is -1.93. The highest BCUT2D eigenvalue weighted by molar-refractivity contribution is 14.1. The summed E-state index contributed by atoms with van der Waals surface area (Å²) in [6.07, 6.45) is 0. The van der Waals surface area contributed by atoms with Crippen LogP contribution in [0.1, 0.15) is 5.56 Å². The fourth-order valence-electron chi connectivity index (χ4n) is 1.17. The van der Waals surface area contributed by atoms with Gasteiger partial charge in [-0.25, -0.2) is 0 Å². The maximum Gasteiger partial charge on any atom is 0.101 e. The summed E-state index contributed by atoms with van der Waals surface area (Å²) in [5.74, 6) is 0. The van der Waals surface area contributed by atoms with E-state index in [1.54, 1.807) is 0 Å². The summed E-state index contributed by atoms with van der Waals surface area (Å²) < 4.78 is 2.78. The van der Waals surface area contributed by atoms with Crippen LogP contribution < -0.4 is 0 Å². The van der Waals surface area contributed by atoms with E-state index in [-0.39, 0.29) is 0 Å². The number of hydrogen-bond acceptors (Lipinski definition) is 2. The first-order chi connectivity index (χ1) is 6.20. The van der Waals surface area contributed by atoms with Crippen LogP contribution >= 0.6 is 45.5 Å². The third kappa shape index (κ3) is 1.66. The number of thiophene rings is 1. The molecule has 1 aromatic heterocycles. The Labute approximate surface area is 98.1 Å².